The molecule has 1 aromatic carbocycles. The van der Waals surface area contributed by atoms with Gasteiger partial charge in [-0.15, -0.1) is 11.3 Å². The first-order chi connectivity index (χ1) is 10.1. The Morgan fingerprint density at radius 2 is 1.95 bits per heavy atom. The summed E-state index contributed by atoms with van der Waals surface area (Å²) in [6.07, 6.45) is 1.37. The third-order valence-corrected chi connectivity index (χ3v) is 4.34. The average Bonchev–Trinajstić information content (AvgIpc) is 3.04. The van der Waals surface area contributed by atoms with E-state index < -0.39 is 5.97 Å². The molecule has 0 spiro atoms. The van der Waals surface area contributed by atoms with Crippen molar-refractivity contribution < 1.29 is 14.7 Å². The minimum absolute atomic E-state index is 0.0533. The van der Waals surface area contributed by atoms with E-state index >= 15 is 0 Å². The molecule has 0 radical (unpaired) electrons. The predicted octanol–water partition coefficient (Wildman–Crippen LogP) is 2.12. The van der Waals surface area contributed by atoms with E-state index in [2.05, 4.69) is 22.4 Å². The largest absolute Gasteiger partial charge is 0.481 e. The third-order valence-electron chi connectivity index (χ3n) is 3.54. The number of carboxylic acid groups (broad SMARTS) is 1. The number of benzene rings is 1. The highest BCUT2D eigenvalue weighted by Gasteiger charge is 2.27. The fourth-order valence-electron chi connectivity index (χ4n) is 2.55. The molecule has 2 aromatic rings. The molecule has 5 nitrogen and oxygen atoms in total. The molecule has 21 heavy (non-hydrogen) atoms. The molecule has 1 aliphatic carbocycles. The first-order valence-corrected chi connectivity index (χ1v) is 7.53. The smallest absolute Gasteiger partial charge is 0.309 e. The molecule has 0 saturated heterocycles. The molecule has 0 fully saturated rings. The van der Waals surface area contributed by atoms with E-state index in [4.69, 9.17) is 5.11 Å². The normalized spacial score (nSPS) is 13.9. The molecular weight excluding hydrogens is 288 g/mol. The lowest BCUT2D eigenvalue weighted by Gasteiger charge is -2.07. The molecule has 0 saturated carbocycles. The number of carbonyl (C=O) groups excluding carboxylic acids is 1. The van der Waals surface area contributed by atoms with Crippen LogP contribution in [0.1, 0.15) is 16.8 Å². The van der Waals surface area contributed by atoms with Gasteiger partial charge in [0.1, 0.15) is 0 Å². The Labute approximate surface area is 125 Å². The molecule has 1 heterocycles. The van der Waals surface area contributed by atoms with Gasteiger partial charge >= 0.3 is 5.97 Å². The quantitative estimate of drug-likeness (QED) is 0.906. The summed E-state index contributed by atoms with van der Waals surface area (Å²) in [5.41, 5.74) is 2.92. The van der Waals surface area contributed by atoms with Crippen molar-refractivity contribution in [2.45, 2.75) is 19.3 Å². The van der Waals surface area contributed by atoms with Crippen LogP contribution in [0.2, 0.25) is 0 Å². The van der Waals surface area contributed by atoms with E-state index in [0.717, 1.165) is 12.8 Å². The van der Waals surface area contributed by atoms with Crippen LogP contribution < -0.4 is 5.32 Å². The third kappa shape index (κ3) is 3.11. The van der Waals surface area contributed by atoms with E-state index in [9.17, 15) is 9.59 Å². The van der Waals surface area contributed by atoms with Gasteiger partial charge < -0.3 is 10.4 Å². The Morgan fingerprint density at radius 3 is 2.57 bits per heavy atom. The number of rotatable bonds is 4. The number of aliphatic carboxylic acids is 1. The second-order valence-corrected chi connectivity index (χ2v) is 5.94. The summed E-state index contributed by atoms with van der Waals surface area (Å²) in [5.74, 6) is -1.05. The van der Waals surface area contributed by atoms with Gasteiger partial charge in [0.25, 0.3) is 0 Å². The van der Waals surface area contributed by atoms with Crippen molar-refractivity contribution in [2.75, 3.05) is 5.32 Å². The van der Waals surface area contributed by atoms with E-state index in [-0.39, 0.29) is 18.2 Å². The fourth-order valence-corrected chi connectivity index (χ4v) is 3.27. The molecule has 1 aliphatic rings. The van der Waals surface area contributed by atoms with E-state index in [1.807, 2.05) is 12.1 Å². The number of nitrogens with zero attached hydrogens (tertiary/aromatic N) is 1. The van der Waals surface area contributed by atoms with Crippen molar-refractivity contribution in [1.29, 1.82) is 0 Å². The molecule has 1 aromatic heterocycles. The summed E-state index contributed by atoms with van der Waals surface area (Å²) in [6.45, 7) is 0. The minimum atomic E-state index is -0.926. The first-order valence-electron chi connectivity index (χ1n) is 6.65. The van der Waals surface area contributed by atoms with Crippen LogP contribution in [-0.4, -0.2) is 22.0 Å². The molecular formula is C15H14N2O3S. The summed E-state index contributed by atoms with van der Waals surface area (Å²) >= 11 is 1.26. The highest BCUT2D eigenvalue weighted by atomic mass is 32.1. The standard InChI is InChI=1S/C15H14N2O3S/c18-13(19)7-12-8-21-15(16-12)17-14(20)11-5-9-3-1-2-4-10(9)6-11/h1-4,8,11H,5-7H2,(H,18,19)(H,16,17,20). The second-order valence-electron chi connectivity index (χ2n) is 5.08. The Balaban J connectivity index is 1.63. The van der Waals surface area contributed by atoms with Gasteiger partial charge in [-0.05, 0) is 24.0 Å². The molecule has 108 valence electrons. The maximum absolute atomic E-state index is 12.3. The van der Waals surface area contributed by atoms with Crippen molar-refractivity contribution in [2.24, 2.45) is 5.92 Å². The van der Waals surface area contributed by atoms with Gasteiger partial charge in [0.15, 0.2) is 5.13 Å². The Bertz CT molecular complexity index is 671. The summed E-state index contributed by atoms with van der Waals surface area (Å²) in [4.78, 5) is 27.0. The molecule has 0 bridgehead atoms. The summed E-state index contributed by atoms with van der Waals surface area (Å²) in [6, 6.07) is 8.07. The van der Waals surface area contributed by atoms with Crippen molar-refractivity contribution >= 4 is 28.3 Å². The van der Waals surface area contributed by atoms with Crippen LogP contribution >= 0.6 is 11.3 Å². The topological polar surface area (TPSA) is 79.3 Å². The van der Waals surface area contributed by atoms with Crippen LogP contribution in [0.25, 0.3) is 0 Å². The summed E-state index contributed by atoms with van der Waals surface area (Å²) < 4.78 is 0. The van der Waals surface area contributed by atoms with Gasteiger partial charge in [0.05, 0.1) is 12.1 Å². The number of fused-ring (bicyclic) bond motifs is 1. The molecule has 0 aliphatic heterocycles. The van der Waals surface area contributed by atoms with Crippen LogP contribution in [-0.2, 0) is 28.9 Å². The molecule has 0 atom stereocenters. The van der Waals surface area contributed by atoms with Gasteiger partial charge in [-0.2, -0.15) is 0 Å². The monoisotopic (exact) mass is 302 g/mol. The first kappa shape index (κ1) is 13.8. The van der Waals surface area contributed by atoms with E-state index in [1.165, 1.54) is 22.5 Å². The zero-order chi connectivity index (χ0) is 14.8. The molecule has 0 unspecified atom stereocenters. The number of hydrogen-bond acceptors (Lipinski definition) is 4. The zero-order valence-corrected chi connectivity index (χ0v) is 12.0. The predicted molar refractivity (Wildman–Crippen MR) is 79.4 cm³/mol. The number of carbonyl (C=O) groups is 2. The molecule has 6 heteroatoms. The van der Waals surface area contributed by atoms with Crippen molar-refractivity contribution in [3.05, 3.63) is 46.5 Å². The molecule has 2 N–H and O–H groups in total. The Hall–Kier alpha value is -2.21. The van der Waals surface area contributed by atoms with Gasteiger partial charge in [-0.3, -0.25) is 9.59 Å². The number of amides is 1. The number of nitrogens with one attached hydrogen (secondary N) is 1. The Kier molecular flexibility index (Phi) is 3.70. The molecule has 1 amide bonds. The van der Waals surface area contributed by atoms with Gasteiger partial charge in [-0.1, -0.05) is 24.3 Å². The number of carboxylic acids is 1. The van der Waals surface area contributed by atoms with Crippen molar-refractivity contribution in [1.82, 2.24) is 4.98 Å². The summed E-state index contributed by atoms with van der Waals surface area (Å²) in [7, 11) is 0. The van der Waals surface area contributed by atoms with Crippen LogP contribution in [0.5, 0.6) is 0 Å². The van der Waals surface area contributed by atoms with Gasteiger partial charge in [0, 0.05) is 11.3 Å². The van der Waals surface area contributed by atoms with Crippen molar-refractivity contribution in [3.8, 4) is 0 Å². The number of hydrogen-bond donors (Lipinski definition) is 2. The lowest BCUT2D eigenvalue weighted by Crippen LogP contribution is -2.23. The number of thiazole rings is 1. The highest BCUT2D eigenvalue weighted by Crippen LogP contribution is 2.27. The maximum Gasteiger partial charge on any atom is 0.309 e. The van der Waals surface area contributed by atoms with Crippen LogP contribution in [0, 0.1) is 5.92 Å². The average molecular weight is 302 g/mol. The van der Waals surface area contributed by atoms with Crippen LogP contribution in [0.3, 0.4) is 0 Å². The Morgan fingerprint density at radius 1 is 1.29 bits per heavy atom. The number of anilines is 1. The zero-order valence-electron chi connectivity index (χ0n) is 11.2. The van der Waals surface area contributed by atoms with Gasteiger partial charge in [-0.25, -0.2) is 4.98 Å². The second kappa shape index (κ2) is 5.65. The van der Waals surface area contributed by atoms with Gasteiger partial charge in [0.2, 0.25) is 5.91 Å². The molecule has 3 rings (SSSR count). The van der Waals surface area contributed by atoms with Crippen molar-refractivity contribution in [3.63, 3.8) is 0 Å². The lowest BCUT2D eigenvalue weighted by molar-refractivity contribution is -0.136. The van der Waals surface area contributed by atoms with E-state index in [0.29, 0.717) is 10.8 Å². The van der Waals surface area contributed by atoms with Crippen LogP contribution in [0.4, 0.5) is 5.13 Å². The minimum Gasteiger partial charge on any atom is -0.481 e. The van der Waals surface area contributed by atoms with E-state index in [1.54, 1.807) is 5.38 Å². The lowest BCUT2D eigenvalue weighted by atomic mass is 10.1. The summed E-state index contributed by atoms with van der Waals surface area (Å²) in [5, 5.41) is 13.6. The SMILES string of the molecule is O=C(O)Cc1csc(NC(=O)C2Cc3ccccc3C2)n1. The van der Waals surface area contributed by atoms with Crippen LogP contribution in [0.15, 0.2) is 29.6 Å². The maximum atomic E-state index is 12.3. The highest BCUT2D eigenvalue weighted by molar-refractivity contribution is 7.13. The number of aromatic nitrogens is 1. The fraction of sp³-hybridized carbons (Fsp3) is 0.267.